The molecule has 2 saturated carbocycles. The second kappa shape index (κ2) is 22.4. The van der Waals surface area contributed by atoms with Crippen LogP contribution in [-0.2, 0) is 25.5 Å². The maximum absolute atomic E-state index is 13.6. The van der Waals surface area contributed by atoms with Crippen molar-refractivity contribution in [2.75, 3.05) is 66.0 Å². The van der Waals surface area contributed by atoms with Gasteiger partial charge in [-0.15, -0.1) is 0 Å². The molecule has 3 aliphatic rings. The van der Waals surface area contributed by atoms with Crippen LogP contribution in [0.4, 0.5) is 26.3 Å². The number of benzene rings is 1. The molecule has 1 aromatic rings. The van der Waals surface area contributed by atoms with Gasteiger partial charge in [0.15, 0.2) is 0 Å². The van der Waals surface area contributed by atoms with Crippen LogP contribution in [0.5, 0.6) is 5.75 Å². The van der Waals surface area contributed by atoms with E-state index in [0.717, 1.165) is 88.8 Å². The first-order valence-electron chi connectivity index (χ1n) is 21.4. The quantitative estimate of drug-likeness (QED) is 0.0424. The fraction of sp³-hybridized carbons (Fsp3) is 0.860. The van der Waals surface area contributed by atoms with Crippen LogP contribution in [0.1, 0.15) is 122 Å². The minimum Gasteiger partial charge on any atom is -0.494 e. The number of methoxy groups -OCH3 is 1. The van der Waals surface area contributed by atoms with E-state index >= 15 is 0 Å². The minimum atomic E-state index is -5.55. The van der Waals surface area contributed by atoms with Gasteiger partial charge in [0.1, 0.15) is 5.75 Å². The van der Waals surface area contributed by atoms with Crippen LogP contribution in [0, 0.1) is 23.2 Å². The van der Waals surface area contributed by atoms with Gasteiger partial charge in [-0.1, -0.05) is 47.9 Å². The predicted molar refractivity (Wildman–Crippen MR) is 222 cm³/mol. The highest BCUT2D eigenvalue weighted by Crippen LogP contribution is 2.61. The molecule has 0 spiro atoms. The van der Waals surface area contributed by atoms with Crippen molar-refractivity contribution < 1.29 is 50.1 Å². The van der Waals surface area contributed by atoms with Crippen molar-refractivity contribution in [1.82, 2.24) is 4.90 Å². The third-order valence-corrected chi connectivity index (χ3v) is 16.4. The zero-order valence-corrected chi connectivity index (χ0v) is 37.3. The number of hydrogen-bond acceptors (Lipinski definition) is 9. The van der Waals surface area contributed by atoms with Crippen LogP contribution in [0.15, 0.2) is 18.2 Å². The van der Waals surface area contributed by atoms with Gasteiger partial charge in [0, 0.05) is 30.1 Å². The SMILES string of the molecule is CCCC(OCCCOC1CCC2C3CCc4cc(OCCC(C)(C)SSCCCN(C)CCCC(COC)CON)ccc4C3CCC12C)(C(F)(F)F)C(F)(F)F. The molecular weight excluding hydrogens is 803 g/mol. The number of fused-ring (bicyclic) bond motifs is 5. The molecule has 2 fully saturated rings. The Labute approximate surface area is 351 Å². The summed E-state index contributed by atoms with van der Waals surface area (Å²) in [4.78, 5) is 7.21. The number of rotatable bonds is 26. The van der Waals surface area contributed by atoms with E-state index in [9.17, 15) is 26.3 Å². The van der Waals surface area contributed by atoms with Crippen molar-refractivity contribution in [3.8, 4) is 5.75 Å². The summed E-state index contributed by atoms with van der Waals surface area (Å²) < 4.78 is 104. The lowest BCUT2D eigenvalue weighted by Gasteiger charge is -2.50. The number of halogens is 6. The third-order valence-electron chi connectivity index (χ3n) is 13.0. The van der Waals surface area contributed by atoms with Crippen molar-refractivity contribution in [3.05, 3.63) is 29.3 Å². The largest absolute Gasteiger partial charge is 0.494 e. The van der Waals surface area contributed by atoms with E-state index in [4.69, 9.17) is 24.9 Å². The van der Waals surface area contributed by atoms with Crippen molar-refractivity contribution in [2.24, 2.45) is 29.1 Å². The zero-order valence-electron chi connectivity index (χ0n) is 35.6. The van der Waals surface area contributed by atoms with E-state index in [1.165, 1.54) is 18.1 Å². The van der Waals surface area contributed by atoms with Gasteiger partial charge in [-0.3, -0.25) is 0 Å². The van der Waals surface area contributed by atoms with E-state index in [1.54, 1.807) is 7.11 Å². The number of alkyl halides is 6. The molecule has 3 aliphatic carbocycles. The Morgan fingerprint density at radius 3 is 2.36 bits per heavy atom. The summed E-state index contributed by atoms with van der Waals surface area (Å²) in [5.74, 6) is 9.07. The maximum atomic E-state index is 13.6. The molecule has 1 aromatic carbocycles. The lowest BCUT2D eigenvalue weighted by atomic mass is 9.55. The number of nitrogens with zero attached hydrogens (tertiary/aromatic N) is 1. The Hall–Kier alpha value is -0.940. The molecule has 0 saturated heterocycles. The molecule has 0 aromatic heterocycles. The highest BCUT2D eigenvalue weighted by atomic mass is 33.1. The molecule has 4 rings (SSSR count). The van der Waals surface area contributed by atoms with Gasteiger partial charge in [-0.05, 0) is 157 Å². The molecule has 0 amide bonds. The normalized spacial score (nSPS) is 24.4. The van der Waals surface area contributed by atoms with Crippen LogP contribution in [0.2, 0.25) is 0 Å². The molecule has 0 heterocycles. The topological polar surface area (TPSA) is 75.4 Å². The van der Waals surface area contributed by atoms with E-state index in [1.807, 2.05) is 21.6 Å². The lowest BCUT2D eigenvalue weighted by Crippen LogP contribution is -2.58. The Morgan fingerprint density at radius 1 is 0.931 bits per heavy atom. The molecule has 7 nitrogen and oxygen atoms in total. The van der Waals surface area contributed by atoms with Crippen LogP contribution in [0.25, 0.3) is 0 Å². The fourth-order valence-electron chi connectivity index (χ4n) is 9.84. The summed E-state index contributed by atoms with van der Waals surface area (Å²) in [5, 5.41) is 0. The summed E-state index contributed by atoms with van der Waals surface area (Å²) in [5.41, 5.74) is -1.42. The second-order valence-electron chi connectivity index (χ2n) is 17.7. The first-order valence-corrected chi connectivity index (χ1v) is 23.7. The Balaban J connectivity index is 1.17. The van der Waals surface area contributed by atoms with E-state index in [0.29, 0.717) is 43.5 Å². The molecule has 6 unspecified atom stereocenters. The van der Waals surface area contributed by atoms with Crippen molar-refractivity contribution in [1.29, 1.82) is 0 Å². The summed E-state index contributed by atoms with van der Waals surface area (Å²) in [6.07, 6.45) is -2.49. The lowest BCUT2D eigenvalue weighted by molar-refractivity contribution is -0.383. The molecule has 6 atom stereocenters. The molecule has 58 heavy (non-hydrogen) atoms. The maximum Gasteiger partial charge on any atom is 0.426 e. The van der Waals surface area contributed by atoms with Crippen molar-refractivity contribution in [2.45, 2.75) is 146 Å². The van der Waals surface area contributed by atoms with Crippen LogP contribution in [0.3, 0.4) is 0 Å². The number of aryl methyl sites for hydroxylation is 1. The predicted octanol–water partition coefficient (Wildman–Crippen LogP) is 11.2. The molecule has 0 bridgehead atoms. The Kier molecular flexibility index (Phi) is 19.2. The fourth-order valence-corrected chi connectivity index (χ4v) is 12.5. The van der Waals surface area contributed by atoms with Crippen LogP contribution in [-0.4, -0.2) is 99.7 Å². The van der Waals surface area contributed by atoms with Gasteiger partial charge >= 0.3 is 12.4 Å². The van der Waals surface area contributed by atoms with Crippen LogP contribution < -0.4 is 10.6 Å². The number of ether oxygens (including phenoxy) is 4. The highest BCUT2D eigenvalue weighted by Gasteiger charge is 2.71. The molecule has 2 N–H and O–H groups in total. The average molecular weight is 873 g/mol. The van der Waals surface area contributed by atoms with Gasteiger partial charge in [-0.2, -0.15) is 26.3 Å². The average Bonchev–Trinajstić information content (AvgIpc) is 3.48. The standard InChI is InChI=1S/C43H70F6N2O5S2/c1-7-19-41(42(44,45)46,43(47,48)49)55-25-10-24-54-38-17-16-37-36-14-12-32-28-33(13-15-34(32)35(36)18-20-40(37,38)4)53-26-21-39(2,3)58-57-27-9-23-51(5)22-8-11-31(29-52-6)30-56-50/h13,15,28,31,35-38H,7-12,14,16-27,29-30,50H2,1-6H3. The Bertz CT molecular complexity index is 1350. The monoisotopic (exact) mass is 872 g/mol. The van der Waals surface area contributed by atoms with E-state index in [-0.39, 0.29) is 35.7 Å². The second-order valence-corrected chi connectivity index (χ2v) is 20.9. The highest BCUT2D eigenvalue weighted by molar-refractivity contribution is 8.77. The number of hydrogen-bond donors (Lipinski definition) is 1. The zero-order chi connectivity index (χ0) is 42.6. The summed E-state index contributed by atoms with van der Waals surface area (Å²) in [7, 11) is 7.77. The van der Waals surface area contributed by atoms with Gasteiger partial charge in [0.05, 0.1) is 32.5 Å². The Morgan fingerprint density at radius 2 is 1.67 bits per heavy atom. The third kappa shape index (κ3) is 13.0. The number of nitrogens with two attached hydrogens (primary N) is 1. The minimum absolute atomic E-state index is 0.0302. The summed E-state index contributed by atoms with van der Waals surface area (Å²) in [6.45, 7) is 11.5. The van der Waals surface area contributed by atoms with Crippen molar-refractivity contribution in [3.63, 3.8) is 0 Å². The first kappa shape index (κ1) is 49.7. The van der Waals surface area contributed by atoms with E-state index < -0.39 is 31.0 Å². The van der Waals surface area contributed by atoms with Crippen molar-refractivity contribution >= 4 is 21.6 Å². The molecule has 15 heteroatoms. The smallest absolute Gasteiger partial charge is 0.426 e. The van der Waals surface area contributed by atoms with Gasteiger partial charge in [-0.25, -0.2) is 5.90 Å². The molecule has 336 valence electrons. The van der Waals surface area contributed by atoms with Gasteiger partial charge in [0.2, 0.25) is 0 Å². The molecular formula is C43H70F6N2O5S2. The van der Waals surface area contributed by atoms with Crippen LogP contribution >= 0.6 is 21.6 Å². The summed E-state index contributed by atoms with van der Waals surface area (Å²) >= 11 is 0. The molecule has 0 radical (unpaired) electrons. The summed E-state index contributed by atoms with van der Waals surface area (Å²) in [6, 6.07) is 6.64. The van der Waals surface area contributed by atoms with Gasteiger partial charge in [0.25, 0.3) is 5.60 Å². The first-order chi connectivity index (χ1) is 27.4. The molecule has 0 aliphatic heterocycles. The van der Waals surface area contributed by atoms with E-state index in [2.05, 4.69) is 55.7 Å². The van der Waals surface area contributed by atoms with Gasteiger partial charge < -0.3 is 28.7 Å².